The van der Waals surface area contributed by atoms with Crippen LogP contribution in [0, 0.1) is 12.7 Å². The highest BCUT2D eigenvalue weighted by atomic mass is 32.1. The molecule has 1 amide bonds. The second kappa shape index (κ2) is 5.92. The summed E-state index contributed by atoms with van der Waals surface area (Å²) in [7, 11) is 0. The smallest absolute Gasteiger partial charge is 0.262 e. The number of amides is 1. The lowest BCUT2D eigenvalue weighted by molar-refractivity contribution is -0.118. The minimum Gasteiger partial charge on any atom is -0.324 e. The Balaban J connectivity index is 1.88. The van der Waals surface area contributed by atoms with Gasteiger partial charge in [0.25, 0.3) is 5.56 Å². The average molecular weight is 331 g/mol. The zero-order valence-corrected chi connectivity index (χ0v) is 13.4. The van der Waals surface area contributed by atoms with Crippen LogP contribution in [0.1, 0.15) is 17.8 Å². The van der Waals surface area contributed by atoms with Crippen molar-refractivity contribution >= 4 is 33.1 Å². The SMILES string of the molecule is Cc1cc2c(=O)n(C(C)C(=O)Nc3ccc(F)cc3)cnc2s1. The van der Waals surface area contributed by atoms with Crippen LogP contribution in [0.2, 0.25) is 0 Å². The molecule has 5 nitrogen and oxygen atoms in total. The van der Waals surface area contributed by atoms with Crippen molar-refractivity contribution in [2.45, 2.75) is 19.9 Å². The van der Waals surface area contributed by atoms with Crippen molar-refractivity contribution in [2.24, 2.45) is 0 Å². The molecule has 0 radical (unpaired) electrons. The number of hydrogen-bond donors (Lipinski definition) is 1. The Morgan fingerprint density at radius 2 is 2.04 bits per heavy atom. The molecule has 0 aliphatic rings. The normalized spacial score (nSPS) is 12.3. The minimum absolute atomic E-state index is 0.249. The van der Waals surface area contributed by atoms with E-state index in [4.69, 9.17) is 0 Å². The molecule has 0 aliphatic heterocycles. The fraction of sp³-hybridized carbons (Fsp3) is 0.188. The number of aryl methyl sites for hydroxylation is 1. The molecule has 0 spiro atoms. The third-order valence-electron chi connectivity index (χ3n) is 3.51. The number of halogens is 1. The summed E-state index contributed by atoms with van der Waals surface area (Å²) in [4.78, 5) is 30.7. The van der Waals surface area contributed by atoms with Crippen molar-refractivity contribution in [1.82, 2.24) is 9.55 Å². The number of rotatable bonds is 3. The summed E-state index contributed by atoms with van der Waals surface area (Å²) in [5.74, 6) is -0.749. The molecule has 7 heteroatoms. The van der Waals surface area contributed by atoms with Gasteiger partial charge in [0, 0.05) is 10.6 Å². The van der Waals surface area contributed by atoms with Crippen LogP contribution in [-0.4, -0.2) is 15.5 Å². The van der Waals surface area contributed by atoms with E-state index < -0.39 is 6.04 Å². The number of thiophene rings is 1. The first-order valence-electron chi connectivity index (χ1n) is 6.99. The van der Waals surface area contributed by atoms with Gasteiger partial charge < -0.3 is 5.32 Å². The minimum atomic E-state index is -0.732. The standard InChI is InChI=1S/C16H14FN3O2S/c1-9-7-13-15(23-9)18-8-20(16(13)22)10(2)14(21)19-12-5-3-11(17)4-6-12/h3-8,10H,1-2H3,(H,19,21). The summed E-state index contributed by atoms with van der Waals surface area (Å²) in [5, 5.41) is 3.17. The van der Waals surface area contributed by atoms with Crippen molar-refractivity contribution in [3.8, 4) is 0 Å². The molecule has 0 fully saturated rings. The Hall–Kier alpha value is -2.54. The van der Waals surface area contributed by atoms with Crippen LogP contribution < -0.4 is 10.9 Å². The topological polar surface area (TPSA) is 64.0 Å². The molecule has 1 aromatic carbocycles. The zero-order valence-electron chi connectivity index (χ0n) is 12.5. The van der Waals surface area contributed by atoms with Gasteiger partial charge in [0.1, 0.15) is 16.7 Å². The highest BCUT2D eigenvalue weighted by molar-refractivity contribution is 7.18. The van der Waals surface area contributed by atoms with Crippen molar-refractivity contribution in [3.63, 3.8) is 0 Å². The number of hydrogen-bond acceptors (Lipinski definition) is 4. The third-order valence-corrected chi connectivity index (χ3v) is 4.47. The molecule has 2 heterocycles. The van der Waals surface area contributed by atoms with E-state index in [1.54, 1.807) is 13.0 Å². The first-order chi connectivity index (χ1) is 11.0. The van der Waals surface area contributed by atoms with Crippen LogP contribution >= 0.6 is 11.3 Å². The highest BCUT2D eigenvalue weighted by Gasteiger charge is 2.18. The van der Waals surface area contributed by atoms with E-state index in [0.717, 1.165) is 4.88 Å². The summed E-state index contributed by atoms with van der Waals surface area (Å²) in [5.41, 5.74) is 0.220. The van der Waals surface area contributed by atoms with Crippen LogP contribution in [0.5, 0.6) is 0 Å². The Morgan fingerprint density at radius 1 is 1.35 bits per heavy atom. The lowest BCUT2D eigenvalue weighted by Crippen LogP contribution is -2.31. The molecular weight excluding hydrogens is 317 g/mol. The first kappa shape index (κ1) is 15.4. The van der Waals surface area contributed by atoms with Crippen LogP contribution in [0.25, 0.3) is 10.2 Å². The number of fused-ring (bicyclic) bond motifs is 1. The molecule has 0 saturated heterocycles. The van der Waals surface area contributed by atoms with Crippen molar-refractivity contribution in [2.75, 3.05) is 5.32 Å². The van der Waals surface area contributed by atoms with E-state index in [-0.39, 0.29) is 17.3 Å². The van der Waals surface area contributed by atoms with Crippen LogP contribution in [0.15, 0.2) is 41.5 Å². The van der Waals surface area contributed by atoms with Gasteiger partial charge in [-0.05, 0) is 44.2 Å². The molecule has 3 rings (SSSR count). The predicted molar refractivity (Wildman–Crippen MR) is 88.4 cm³/mol. The Labute approximate surface area is 135 Å². The lowest BCUT2D eigenvalue weighted by atomic mass is 10.2. The van der Waals surface area contributed by atoms with Gasteiger partial charge in [0.2, 0.25) is 5.91 Å². The summed E-state index contributed by atoms with van der Waals surface area (Å²) < 4.78 is 14.2. The maximum atomic E-state index is 12.9. The number of aromatic nitrogens is 2. The number of anilines is 1. The van der Waals surface area contributed by atoms with Crippen LogP contribution in [0.4, 0.5) is 10.1 Å². The molecule has 1 atom stereocenters. The van der Waals surface area contributed by atoms with Gasteiger partial charge in [-0.15, -0.1) is 11.3 Å². The molecule has 0 aliphatic carbocycles. The summed E-state index contributed by atoms with van der Waals surface area (Å²) in [6.07, 6.45) is 1.38. The Bertz CT molecular complexity index is 931. The number of carbonyl (C=O) groups excluding carboxylic acids is 1. The van der Waals surface area contributed by atoms with Crippen molar-refractivity contribution in [3.05, 3.63) is 57.7 Å². The van der Waals surface area contributed by atoms with Gasteiger partial charge in [-0.2, -0.15) is 0 Å². The molecule has 0 bridgehead atoms. The number of nitrogens with zero attached hydrogens (tertiary/aromatic N) is 2. The Morgan fingerprint density at radius 3 is 2.74 bits per heavy atom. The van der Waals surface area contributed by atoms with Crippen molar-refractivity contribution in [1.29, 1.82) is 0 Å². The largest absolute Gasteiger partial charge is 0.324 e. The van der Waals surface area contributed by atoms with Crippen LogP contribution in [0.3, 0.4) is 0 Å². The lowest BCUT2D eigenvalue weighted by Gasteiger charge is -2.14. The van der Waals surface area contributed by atoms with E-state index in [1.807, 2.05) is 6.92 Å². The molecule has 0 saturated carbocycles. The molecule has 1 N–H and O–H groups in total. The van der Waals surface area contributed by atoms with Gasteiger partial charge >= 0.3 is 0 Å². The first-order valence-corrected chi connectivity index (χ1v) is 7.81. The van der Waals surface area contributed by atoms with Gasteiger partial charge in [0.15, 0.2) is 0 Å². The van der Waals surface area contributed by atoms with E-state index >= 15 is 0 Å². The summed E-state index contributed by atoms with van der Waals surface area (Å²) in [6.45, 7) is 3.52. The van der Waals surface area contributed by atoms with Crippen LogP contribution in [-0.2, 0) is 4.79 Å². The predicted octanol–water partition coefficient (Wildman–Crippen LogP) is 3.11. The molecule has 3 aromatic rings. The number of nitrogens with one attached hydrogen (secondary N) is 1. The van der Waals surface area contributed by atoms with E-state index in [9.17, 15) is 14.0 Å². The van der Waals surface area contributed by atoms with E-state index in [0.29, 0.717) is 15.9 Å². The quantitative estimate of drug-likeness (QED) is 0.802. The summed E-state index contributed by atoms with van der Waals surface area (Å²) >= 11 is 1.44. The maximum Gasteiger partial charge on any atom is 0.262 e. The van der Waals surface area contributed by atoms with E-state index in [2.05, 4.69) is 10.3 Å². The molecule has 23 heavy (non-hydrogen) atoms. The third kappa shape index (κ3) is 3.00. The highest BCUT2D eigenvalue weighted by Crippen LogP contribution is 2.20. The zero-order chi connectivity index (χ0) is 16.6. The second-order valence-electron chi connectivity index (χ2n) is 5.20. The average Bonchev–Trinajstić information content (AvgIpc) is 2.91. The fourth-order valence-electron chi connectivity index (χ4n) is 2.24. The van der Waals surface area contributed by atoms with Gasteiger partial charge in [-0.25, -0.2) is 9.37 Å². The number of benzene rings is 1. The van der Waals surface area contributed by atoms with Gasteiger partial charge in [0.05, 0.1) is 11.7 Å². The van der Waals surface area contributed by atoms with Gasteiger partial charge in [-0.3, -0.25) is 14.2 Å². The molecule has 2 aromatic heterocycles. The maximum absolute atomic E-state index is 12.9. The van der Waals surface area contributed by atoms with Gasteiger partial charge in [-0.1, -0.05) is 0 Å². The second-order valence-corrected chi connectivity index (χ2v) is 6.44. The monoisotopic (exact) mass is 331 g/mol. The molecule has 1 unspecified atom stereocenters. The fourth-order valence-corrected chi connectivity index (χ4v) is 3.08. The molecule has 118 valence electrons. The summed E-state index contributed by atoms with van der Waals surface area (Å²) in [6, 6.07) is 6.49. The van der Waals surface area contributed by atoms with E-state index in [1.165, 1.54) is 46.5 Å². The number of carbonyl (C=O) groups is 1. The van der Waals surface area contributed by atoms with Crippen molar-refractivity contribution < 1.29 is 9.18 Å². The molecular formula is C16H14FN3O2S. The Kier molecular flexibility index (Phi) is 3.96.